The minimum absolute atomic E-state index is 0.409. The van der Waals surface area contributed by atoms with Crippen molar-refractivity contribution in [2.24, 2.45) is 11.5 Å². The van der Waals surface area contributed by atoms with Crippen LogP contribution in [0.25, 0.3) is 0 Å². The molecule has 0 aromatic rings. The molecule has 1 aliphatic rings. The topological polar surface area (TPSA) is 244 Å². The van der Waals surface area contributed by atoms with E-state index in [-0.39, 0.29) is 0 Å². The summed E-state index contributed by atoms with van der Waals surface area (Å²) in [6.07, 6.45) is -7.77. The summed E-state index contributed by atoms with van der Waals surface area (Å²) in [4.78, 5) is 49.0. The first-order valence-electron chi connectivity index (χ1n) is 10.9. The van der Waals surface area contributed by atoms with Gasteiger partial charge in [-0.3, -0.25) is 19.2 Å². The summed E-state index contributed by atoms with van der Waals surface area (Å²) in [5.74, 6) is -3.77. The predicted octanol–water partition coefficient (Wildman–Crippen LogP) is -3.80. The first kappa shape index (κ1) is 30.6. The summed E-state index contributed by atoms with van der Waals surface area (Å²) < 4.78 is 16.3. The van der Waals surface area contributed by atoms with Crippen molar-refractivity contribution in [1.29, 1.82) is 0 Å². The second-order valence-electron chi connectivity index (χ2n) is 8.36. The zero-order chi connectivity index (χ0) is 27.1. The van der Waals surface area contributed by atoms with E-state index in [2.05, 4.69) is 5.32 Å². The molecular weight excluding hydrogens is 472 g/mol. The number of aliphatic hydroxyl groups is 3. The number of nitrogens with zero attached hydrogens (tertiary/aromatic N) is 1. The van der Waals surface area contributed by atoms with Crippen molar-refractivity contribution in [1.82, 2.24) is 10.2 Å². The lowest BCUT2D eigenvalue weighted by Crippen LogP contribution is -2.67. The molecule has 3 amide bonds. The second kappa shape index (κ2) is 13.1. The Morgan fingerprint density at radius 1 is 1.23 bits per heavy atom. The van der Waals surface area contributed by atoms with E-state index in [1.807, 2.05) is 0 Å². The number of carbonyl (C=O) groups excluding carboxylic acids is 3. The molecule has 35 heavy (non-hydrogen) atoms. The van der Waals surface area contributed by atoms with Gasteiger partial charge in [-0.15, -0.1) is 0 Å². The third-order valence-corrected chi connectivity index (χ3v) is 5.56. The fourth-order valence-corrected chi connectivity index (χ4v) is 3.84. The van der Waals surface area contributed by atoms with E-state index in [0.717, 1.165) is 12.0 Å². The van der Waals surface area contributed by atoms with Crippen LogP contribution in [0.1, 0.15) is 33.6 Å². The number of carbonyl (C=O) groups is 4. The molecule has 0 aromatic carbocycles. The van der Waals surface area contributed by atoms with Gasteiger partial charge in [-0.2, -0.15) is 0 Å². The maximum absolute atomic E-state index is 13.0. The molecule has 0 aliphatic carbocycles. The molecule has 1 rings (SSSR count). The van der Waals surface area contributed by atoms with Crippen LogP contribution in [-0.2, 0) is 33.4 Å². The number of ether oxygens (including phenoxy) is 3. The standard InChI is InChI=1S/C20H36N4O11/c1-9(34-16-14(23-11(3)26)18(31)35-12(8-25)15(16)29)7-24(17(30)10(2)21)20(33-4,19(22)32)6-5-13(27)28/h9-10,12,14-16,18,25,29,31H,5-8,21H2,1-4H3,(H2,22,32)(H,23,26)(H,27,28)/t9?,10-,12+,14+,15+,16+,18-,20+/m0/s1. The Balaban J connectivity index is 3.31. The van der Waals surface area contributed by atoms with E-state index in [9.17, 15) is 34.5 Å². The van der Waals surface area contributed by atoms with Gasteiger partial charge in [-0.1, -0.05) is 0 Å². The number of methoxy groups -OCH3 is 1. The van der Waals surface area contributed by atoms with Crippen LogP contribution in [0, 0.1) is 0 Å². The molecule has 15 nitrogen and oxygen atoms in total. The van der Waals surface area contributed by atoms with Crippen LogP contribution >= 0.6 is 0 Å². The third-order valence-electron chi connectivity index (χ3n) is 5.56. The number of primary amides is 1. The van der Waals surface area contributed by atoms with Gasteiger partial charge in [0.15, 0.2) is 6.29 Å². The molecule has 1 saturated heterocycles. The average molecular weight is 509 g/mol. The zero-order valence-electron chi connectivity index (χ0n) is 20.1. The van der Waals surface area contributed by atoms with E-state index in [0.29, 0.717) is 0 Å². The first-order chi connectivity index (χ1) is 16.2. The molecule has 1 aliphatic heterocycles. The van der Waals surface area contributed by atoms with Gasteiger partial charge in [0.1, 0.15) is 24.4 Å². The van der Waals surface area contributed by atoms with E-state index in [1.165, 1.54) is 20.8 Å². The fraction of sp³-hybridized carbons (Fsp3) is 0.800. The van der Waals surface area contributed by atoms with Crippen molar-refractivity contribution in [3.05, 3.63) is 0 Å². The van der Waals surface area contributed by atoms with Gasteiger partial charge in [0.25, 0.3) is 5.91 Å². The Labute approximate surface area is 202 Å². The Hall–Kier alpha value is -2.40. The molecule has 0 radical (unpaired) electrons. The van der Waals surface area contributed by atoms with Crippen molar-refractivity contribution in [3.63, 3.8) is 0 Å². The van der Waals surface area contributed by atoms with E-state index in [1.54, 1.807) is 0 Å². The monoisotopic (exact) mass is 508 g/mol. The van der Waals surface area contributed by atoms with Crippen LogP contribution in [0.3, 0.4) is 0 Å². The maximum atomic E-state index is 13.0. The highest BCUT2D eigenvalue weighted by Gasteiger charge is 2.49. The smallest absolute Gasteiger partial charge is 0.303 e. The summed E-state index contributed by atoms with van der Waals surface area (Å²) in [5.41, 5.74) is 9.08. The molecule has 1 unspecified atom stereocenters. The highest BCUT2D eigenvalue weighted by molar-refractivity contribution is 5.91. The van der Waals surface area contributed by atoms with Crippen molar-refractivity contribution >= 4 is 23.7 Å². The number of amides is 3. The van der Waals surface area contributed by atoms with Gasteiger partial charge in [-0.25, -0.2) is 0 Å². The maximum Gasteiger partial charge on any atom is 0.303 e. The number of hydrogen-bond acceptors (Lipinski definition) is 11. The first-order valence-corrected chi connectivity index (χ1v) is 10.9. The highest BCUT2D eigenvalue weighted by Crippen LogP contribution is 2.27. The minimum atomic E-state index is -2.18. The number of hydrogen-bond donors (Lipinski definition) is 7. The lowest BCUT2D eigenvalue weighted by molar-refractivity contribution is -0.269. The molecule has 0 aromatic heterocycles. The van der Waals surface area contributed by atoms with Gasteiger partial charge in [-0.05, 0) is 13.8 Å². The molecule has 0 saturated carbocycles. The fourth-order valence-electron chi connectivity index (χ4n) is 3.84. The van der Waals surface area contributed by atoms with Gasteiger partial charge in [0.05, 0.1) is 25.2 Å². The Kier molecular flexibility index (Phi) is 11.4. The van der Waals surface area contributed by atoms with Crippen LogP contribution in [0.15, 0.2) is 0 Å². The van der Waals surface area contributed by atoms with Crippen LogP contribution in [0.2, 0.25) is 0 Å². The number of nitrogens with two attached hydrogens (primary N) is 2. The van der Waals surface area contributed by atoms with Crippen LogP contribution in [0.4, 0.5) is 0 Å². The quantitative estimate of drug-likeness (QED) is 0.118. The Bertz CT molecular complexity index is 767. The summed E-state index contributed by atoms with van der Waals surface area (Å²) >= 11 is 0. The normalized spacial score (nSPS) is 27.8. The molecule has 0 bridgehead atoms. The molecule has 8 atom stereocenters. The molecule has 0 spiro atoms. The number of carboxylic acid groups (broad SMARTS) is 1. The number of rotatable bonds is 13. The molecular formula is C20H36N4O11. The van der Waals surface area contributed by atoms with E-state index < -0.39 is 98.2 Å². The van der Waals surface area contributed by atoms with Crippen LogP contribution in [-0.4, -0.2) is 118 Å². The van der Waals surface area contributed by atoms with Gasteiger partial charge >= 0.3 is 5.97 Å². The molecule has 15 heteroatoms. The number of nitrogens with one attached hydrogen (secondary N) is 1. The van der Waals surface area contributed by atoms with Crippen molar-refractivity contribution in [2.75, 3.05) is 20.3 Å². The Morgan fingerprint density at radius 2 is 1.83 bits per heavy atom. The third kappa shape index (κ3) is 7.54. The Morgan fingerprint density at radius 3 is 2.26 bits per heavy atom. The van der Waals surface area contributed by atoms with Crippen molar-refractivity contribution < 1.29 is 53.8 Å². The lowest BCUT2D eigenvalue weighted by atomic mass is 9.96. The SMILES string of the molecule is CO[C@](CCC(=O)O)(C(N)=O)N(CC(C)O[C@H]1[C@H](O)[C@@H](CO)O[C@H](O)[C@@H]1NC(C)=O)C(=O)[C@H](C)N. The van der Waals surface area contributed by atoms with Crippen LogP contribution in [0.5, 0.6) is 0 Å². The van der Waals surface area contributed by atoms with Gasteiger partial charge in [0.2, 0.25) is 17.5 Å². The minimum Gasteiger partial charge on any atom is -0.481 e. The zero-order valence-corrected chi connectivity index (χ0v) is 20.1. The molecule has 1 heterocycles. The largest absolute Gasteiger partial charge is 0.481 e. The molecule has 9 N–H and O–H groups in total. The van der Waals surface area contributed by atoms with Crippen LogP contribution < -0.4 is 16.8 Å². The van der Waals surface area contributed by atoms with Crippen molar-refractivity contribution in [3.8, 4) is 0 Å². The van der Waals surface area contributed by atoms with Gasteiger partial charge < -0.3 is 56.3 Å². The second-order valence-corrected chi connectivity index (χ2v) is 8.36. The van der Waals surface area contributed by atoms with Gasteiger partial charge in [0, 0.05) is 27.0 Å². The summed E-state index contributed by atoms with van der Waals surface area (Å²) in [5, 5.41) is 41.9. The number of aliphatic hydroxyl groups excluding tert-OH is 3. The highest BCUT2D eigenvalue weighted by atomic mass is 16.6. The van der Waals surface area contributed by atoms with E-state index >= 15 is 0 Å². The predicted molar refractivity (Wildman–Crippen MR) is 117 cm³/mol. The van der Waals surface area contributed by atoms with Crippen molar-refractivity contribution in [2.45, 2.75) is 82.1 Å². The summed E-state index contributed by atoms with van der Waals surface area (Å²) in [6, 6.07) is -2.39. The summed E-state index contributed by atoms with van der Waals surface area (Å²) in [7, 11) is 1.08. The number of aliphatic carboxylic acids is 1. The lowest BCUT2D eigenvalue weighted by Gasteiger charge is -2.45. The number of carboxylic acids is 1. The summed E-state index contributed by atoms with van der Waals surface area (Å²) in [6.45, 7) is 2.89. The molecule has 1 fully saturated rings. The van der Waals surface area contributed by atoms with E-state index in [4.69, 9.17) is 30.8 Å². The molecule has 202 valence electrons. The average Bonchev–Trinajstić information content (AvgIpc) is 2.76.